The smallest absolute Gasteiger partial charge is 0.226 e. The molecule has 168 valence electrons. The van der Waals surface area contributed by atoms with E-state index in [-0.39, 0.29) is 11.8 Å². The van der Waals surface area contributed by atoms with E-state index in [1.165, 1.54) is 23.8 Å². The number of carbonyl (C=O) groups excluding carboxylic acids is 2. The van der Waals surface area contributed by atoms with Gasteiger partial charge in [-0.2, -0.15) is 0 Å². The van der Waals surface area contributed by atoms with Gasteiger partial charge >= 0.3 is 0 Å². The van der Waals surface area contributed by atoms with Crippen LogP contribution in [0.1, 0.15) is 25.3 Å². The normalized spacial score (nSPS) is 10.6. The molecule has 3 rings (SSSR count). The maximum atomic E-state index is 12.3. The summed E-state index contributed by atoms with van der Waals surface area (Å²) < 4.78 is 5.15. The molecule has 1 heterocycles. The predicted octanol–water partition coefficient (Wildman–Crippen LogP) is 5.01. The Balaban J connectivity index is 1.43. The molecule has 0 atom stereocenters. The maximum Gasteiger partial charge on any atom is 0.226 e. The van der Waals surface area contributed by atoms with Crippen LogP contribution in [-0.2, 0) is 16.0 Å². The van der Waals surface area contributed by atoms with Crippen LogP contribution in [0.25, 0.3) is 11.3 Å². The molecule has 0 aliphatic carbocycles. The molecule has 32 heavy (non-hydrogen) atoms. The molecule has 1 aromatic heterocycles. The zero-order chi connectivity index (χ0) is 22.8. The molecule has 2 aromatic carbocycles. The fourth-order valence-corrected chi connectivity index (χ4v) is 4.57. The number of ether oxygens (including phenoxy) is 1. The molecule has 0 aliphatic heterocycles. The van der Waals surface area contributed by atoms with Crippen molar-refractivity contribution < 1.29 is 14.3 Å². The van der Waals surface area contributed by atoms with E-state index in [0.717, 1.165) is 34.7 Å². The van der Waals surface area contributed by atoms with Crippen LogP contribution in [0.4, 0.5) is 5.13 Å². The fourth-order valence-electron chi connectivity index (χ4n) is 2.98. The van der Waals surface area contributed by atoms with Gasteiger partial charge < -0.3 is 15.4 Å². The Hall–Kier alpha value is -2.84. The SMILES string of the molecule is COc1ccc(SCCC(=O)Nc2nc(-c3ccc(CCCNC(C)=O)cc3)cs2)cc1. The number of nitrogens with one attached hydrogen (secondary N) is 2. The maximum absolute atomic E-state index is 12.3. The Morgan fingerprint density at radius 3 is 2.53 bits per heavy atom. The number of methoxy groups -OCH3 is 1. The van der Waals surface area contributed by atoms with Crippen LogP contribution in [0, 0.1) is 0 Å². The average Bonchev–Trinajstić information content (AvgIpc) is 3.26. The third kappa shape index (κ3) is 7.69. The minimum atomic E-state index is -0.0403. The van der Waals surface area contributed by atoms with Crippen molar-refractivity contribution in [2.24, 2.45) is 0 Å². The molecule has 0 fully saturated rings. The first-order chi connectivity index (χ1) is 15.5. The predicted molar refractivity (Wildman–Crippen MR) is 132 cm³/mol. The van der Waals surface area contributed by atoms with Crippen molar-refractivity contribution in [1.29, 1.82) is 0 Å². The fraction of sp³-hybridized carbons (Fsp3) is 0.292. The second-order valence-corrected chi connectivity index (χ2v) is 9.17. The van der Waals surface area contributed by atoms with E-state index in [9.17, 15) is 9.59 Å². The number of thiazole rings is 1. The summed E-state index contributed by atoms with van der Waals surface area (Å²) in [5.74, 6) is 1.48. The Bertz CT molecular complexity index is 1020. The lowest BCUT2D eigenvalue weighted by atomic mass is 10.1. The second-order valence-electron chi connectivity index (χ2n) is 7.14. The summed E-state index contributed by atoms with van der Waals surface area (Å²) in [6, 6.07) is 16.1. The van der Waals surface area contributed by atoms with Gasteiger partial charge in [-0.3, -0.25) is 9.59 Å². The highest BCUT2D eigenvalue weighted by atomic mass is 32.2. The second kappa shape index (κ2) is 12.3. The van der Waals surface area contributed by atoms with Crippen molar-refractivity contribution in [2.45, 2.75) is 31.1 Å². The van der Waals surface area contributed by atoms with Crippen LogP contribution in [0.3, 0.4) is 0 Å². The van der Waals surface area contributed by atoms with Crippen molar-refractivity contribution in [3.05, 3.63) is 59.5 Å². The standard InChI is InChI=1S/C24H27N3O3S2/c1-17(28)25-14-3-4-18-5-7-19(8-6-18)22-16-32-24(26-22)27-23(29)13-15-31-21-11-9-20(30-2)10-12-21/h5-12,16H,3-4,13-15H2,1-2H3,(H,25,28)(H,26,27,29). The van der Waals surface area contributed by atoms with Gasteiger partial charge in [0.15, 0.2) is 5.13 Å². The summed E-state index contributed by atoms with van der Waals surface area (Å²) in [4.78, 5) is 28.8. The lowest BCUT2D eigenvalue weighted by molar-refractivity contribution is -0.119. The molecule has 0 aliphatic rings. The molecule has 0 spiro atoms. The zero-order valence-corrected chi connectivity index (χ0v) is 19.9. The van der Waals surface area contributed by atoms with Gasteiger partial charge in [0.2, 0.25) is 11.8 Å². The molecular weight excluding hydrogens is 442 g/mol. The Labute approximate surface area is 196 Å². The molecule has 0 unspecified atom stereocenters. The van der Waals surface area contributed by atoms with Gasteiger partial charge in [-0.25, -0.2) is 4.98 Å². The lowest BCUT2D eigenvalue weighted by Crippen LogP contribution is -2.21. The molecule has 2 N–H and O–H groups in total. The van der Waals surface area contributed by atoms with Crippen LogP contribution in [0.15, 0.2) is 58.8 Å². The van der Waals surface area contributed by atoms with Gasteiger partial charge in [0.05, 0.1) is 12.8 Å². The largest absolute Gasteiger partial charge is 0.497 e. The zero-order valence-electron chi connectivity index (χ0n) is 18.2. The first kappa shape index (κ1) is 23.8. The van der Waals surface area contributed by atoms with Crippen LogP contribution in [-0.4, -0.2) is 36.2 Å². The van der Waals surface area contributed by atoms with E-state index >= 15 is 0 Å². The Morgan fingerprint density at radius 2 is 1.84 bits per heavy atom. The third-order valence-electron chi connectivity index (χ3n) is 4.67. The van der Waals surface area contributed by atoms with Gasteiger partial charge in [0.25, 0.3) is 0 Å². The summed E-state index contributed by atoms with van der Waals surface area (Å²) in [5.41, 5.74) is 3.09. The molecule has 8 heteroatoms. The van der Waals surface area contributed by atoms with Gasteiger partial charge in [-0.05, 0) is 42.7 Å². The highest BCUT2D eigenvalue weighted by Crippen LogP contribution is 2.26. The van der Waals surface area contributed by atoms with Crippen molar-refractivity contribution in [3.63, 3.8) is 0 Å². The van der Waals surface area contributed by atoms with Gasteiger partial charge in [-0.15, -0.1) is 23.1 Å². The van der Waals surface area contributed by atoms with E-state index in [1.807, 2.05) is 41.8 Å². The summed E-state index contributed by atoms with van der Waals surface area (Å²) >= 11 is 3.06. The number of carbonyl (C=O) groups is 2. The van der Waals surface area contributed by atoms with Crippen molar-refractivity contribution in [2.75, 3.05) is 24.7 Å². The van der Waals surface area contributed by atoms with Crippen LogP contribution in [0.5, 0.6) is 5.75 Å². The first-order valence-electron chi connectivity index (χ1n) is 10.4. The summed E-state index contributed by atoms with van der Waals surface area (Å²) in [7, 11) is 1.64. The number of thioether (sulfide) groups is 1. The topological polar surface area (TPSA) is 80.3 Å². The first-order valence-corrected chi connectivity index (χ1v) is 12.3. The molecule has 0 saturated heterocycles. The molecule has 0 bridgehead atoms. The van der Waals surface area contributed by atoms with E-state index in [0.29, 0.717) is 23.8 Å². The van der Waals surface area contributed by atoms with Gasteiger partial charge in [0.1, 0.15) is 5.75 Å². The molecule has 6 nitrogen and oxygen atoms in total. The quantitative estimate of drug-likeness (QED) is 0.305. The van der Waals surface area contributed by atoms with Crippen LogP contribution in [0.2, 0.25) is 0 Å². The number of anilines is 1. The number of hydrogen-bond donors (Lipinski definition) is 2. The lowest BCUT2D eigenvalue weighted by Gasteiger charge is -2.04. The van der Waals surface area contributed by atoms with E-state index in [2.05, 4.69) is 27.8 Å². The van der Waals surface area contributed by atoms with Crippen LogP contribution < -0.4 is 15.4 Å². The Morgan fingerprint density at radius 1 is 1.09 bits per heavy atom. The number of hydrogen-bond acceptors (Lipinski definition) is 6. The molecule has 3 aromatic rings. The highest BCUT2D eigenvalue weighted by Gasteiger charge is 2.09. The number of nitrogens with zero attached hydrogens (tertiary/aromatic N) is 1. The monoisotopic (exact) mass is 469 g/mol. The van der Waals surface area contributed by atoms with E-state index < -0.39 is 0 Å². The number of rotatable bonds is 11. The number of benzene rings is 2. The molecule has 0 saturated carbocycles. The summed E-state index contributed by atoms with van der Waals surface area (Å²) in [6.07, 6.45) is 2.23. The Kier molecular flexibility index (Phi) is 9.13. The number of aromatic nitrogens is 1. The van der Waals surface area contributed by atoms with Gasteiger partial charge in [0, 0.05) is 41.5 Å². The minimum Gasteiger partial charge on any atom is -0.497 e. The molecule has 2 amide bonds. The highest BCUT2D eigenvalue weighted by molar-refractivity contribution is 7.99. The minimum absolute atomic E-state index is 0.00256. The van der Waals surface area contributed by atoms with Gasteiger partial charge in [-0.1, -0.05) is 24.3 Å². The molecule has 0 radical (unpaired) electrons. The van der Waals surface area contributed by atoms with Crippen molar-refractivity contribution >= 4 is 40.0 Å². The molecular formula is C24H27N3O3S2. The summed E-state index contributed by atoms with van der Waals surface area (Å²) in [6.45, 7) is 2.21. The van der Waals surface area contributed by atoms with Crippen molar-refractivity contribution in [3.8, 4) is 17.0 Å². The van der Waals surface area contributed by atoms with E-state index in [1.54, 1.807) is 18.9 Å². The number of aryl methyl sites for hydroxylation is 1. The number of amides is 2. The summed E-state index contributed by atoms with van der Waals surface area (Å²) in [5, 5.41) is 8.26. The third-order valence-corrected chi connectivity index (χ3v) is 6.45. The van der Waals surface area contributed by atoms with E-state index in [4.69, 9.17) is 4.74 Å². The van der Waals surface area contributed by atoms with Crippen LogP contribution >= 0.6 is 23.1 Å². The average molecular weight is 470 g/mol. The van der Waals surface area contributed by atoms with Crippen molar-refractivity contribution in [1.82, 2.24) is 10.3 Å².